The molecule has 4 nitrogen and oxygen atoms in total. The molecule has 76 valence electrons. The number of hydrogen-bond donors (Lipinski definition) is 0. The molecule has 0 spiro atoms. The van der Waals surface area contributed by atoms with Crippen LogP contribution >= 0.6 is 11.6 Å². The molecule has 0 amide bonds. The molecule has 0 saturated carbocycles. The first-order chi connectivity index (χ1) is 6.43. The molecule has 1 aromatic rings. The zero-order valence-corrected chi connectivity index (χ0v) is 7.76. The first-order valence-electron chi connectivity index (χ1n) is 3.53. The van der Waals surface area contributed by atoms with Gasteiger partial charge in [-0.25, -0.2) is 8.78 Å². The number of nitrogens with zero attached hydrogens (tertiary/aromatic N) is 2. The van der Waals surface area contributed by atoms with Crippen LogP contribution in [0.25, 0.3) is 0 Å². The van der Waals surface area contributed by atoms with E-state index in [1.165, 1.54) is 6.92 Å². The van der Waals surface area contributed by atoms with Crippen LogP contribution in [-0.4, -0.2) is 9.91 Å². The second kappa shape index (κ2) is 3.83. The van der Waals surface area contributed by atoms with Crippen molar-refractivity contribution < 1.29 is 13.7 Å². The van der Waals surface area contributed by atoms with Crippen LogP contribution in [0.15, 0.2) is 6.07 Å². The monoisotopic (exact) mass is 222 g/mol. The molecule has 0 radical (unpaired) electrons. The summed E-state index contributed by atoms with van der Waals surface area (Å²) in [5.41, 5.74) is -0.619. The SMILES string of the molecule is Cc1c(C(F)F)cc(Cl)nc1[N+](=O)[O-]. The van der Waals surface area contributed by atoms with Gasteiger partial charge in [0, 0.05) is 11.6 Å². The number of aromatic nitrogens is 1. The fourth-order valence-electron chi connectivity index (χ4n) is 0.987. The van der Waals surface area contributed by atoms with Crippen LogP contribution in [0.1, 0.15) is 17.6 Å². The van der Waals surface area contributed by atoms with Crippen LogP contribution in [0.2, 0.25) is 5.15 Å². The molecule has 7 heteroatoms. The van der Waals surface area contributed by atoms with Crippen molar-refractivity contribution in [2.75, 3.05) is 0 Å². The summed E-state index contributed by atoms with van der Waals surface area (Å²) in [5.74, 6) is -0.632. The fraction of sp³-hybridized carbons (Fsp3) is 0.286. The summed E-state index contributed by atoms with van der Waals surface area (Å²) in [7, 11) is 0. The third kappa shape index (κ3) is 1.95. The van der Waals surface area contributed by atoms with Gasteiger partial charge in [-0.05, 0) is 28.4 Å². The number of rotatable bonds is 2. The highest BCUT2D eigenvalue weighted by molar-refractivity contribution is 6.29. The topological polar surface area (TPSA) is 56.0 Å². The van der Waals surface area contributed by atoms with E-state index < -0.39 is 22.7 Å². The highest BCUT2D eigenvalue weighted by atomic mass is 35.5. The van der Waals surface area contributed by atoms with Gasteiger partial charge < -0.3 is 10.1 Å². The number of pyridine rings is 1. The quantitative estimate of drug-likeness (QED) is 0.439. The van der Waals surface area contributed by atoms with E-state index in [9.17, 15) is 18.9 Å². The average Bonchev–Trinajstić information content (AvgIpc) is 2.07. The molecule has 1 heterocycles. The number of halogens is 3. The second-order valence-electron chi connectivity index (χ2n) is 2.54. The molecule has 0 bridgehead atoms. The van der Waals surface area contributed by atoms with Gasteiger partial charge in [0.1, 0.15) is 0 Å². The molecule has 0 aliphatic rings. The number of hydrogen-bond acceptors (Lipinski definition) is 3. The maximum absolute atomic E-state index is 12.3. The molecule has 0 fully saturated rings. The molecule has 0 aliphatic carbocycles. The zero-order valence-electron chi connectivity index (χ0n) is 7.00. The summed E-state index contributed by atoms with van der Waals surface area (Å²) in [6.07, 6.45) is -2.80. The van der Waals surface area contributed by atoms with Crippen molar-refractivity contribution >= 4 is 17.4 Å². The van der Waals surface area contributed by atoms with E-state index in [1.807, 2.05) is 0 Å². The minimum Gasteiger partial charge on any atom is -0.358 e. The standard InChI is InChI=1S/C7H5ClF2N2O2/c1-3-4(6(9)10)2-5(8)11-7(3)12(13)14/h2,6H,1H3. The Morgan fingerprint density at radius 2 is 2.21 bits per heavy atom. The van der Waals surface area contributed by atoms with Gasteiger partial charge in [0.25, 0.3) is 6.43 Å². The van der Waals surface area contributed by atoms with Crippen molar-refractivity contribution in [3.8, 4) is 0 Å². The summed E-state index contributed by atoms with van der Waals surface area (Å²) in [6, 6.07) is 0.925. The van der Waals surface area contributed by atoms with Crippen molar-refractivity contribution in [1.29, 1.82) is 0 Å². The Balaban J connectivity index is 3.40. The minimum absolute atomic E-state index is 0.158. The first kappa shape index (κ1) is 10.8. The van der Waals surface area contributed by atoms with Crippen LogP contribution in [0.5, 0.6) is 0 Å². The normalized spacial score (nSPS) is 10.6. The highest BCUT2D eigenvalue weighted by Crippen LogP contribution is 2.29. The zero-order chi connectivity index (χ0) is 10.9. The van der Waals surface area contributed by atoms with Crippen LogP contribution in [-0.2, 0) is 0 Å². The lowest BCUT2D eigenvalue weighted by Gasteiger charge is -2.03. The summed E-state index contributed by atoms with van der Waals surface area (Å²) in [4.78, 5) is 12.9. The van der Waals surface area contributed by atoms with E-state index in [-0.39, 0.29) is 10.7 Å². The van der Waals surface area contributed by atoms with E-state index >= 15 is 0 Å². The Morgan fingerprint density at radius 1 is 1.64 bits per heavy atom. The molecule has 0 aromatic carbocycles. The molecule has 0 atom stereocenters. The van der Waals surface area contributed by atoms with Gasteiger partial charge in [0.05, 0.1) is 5.56 Å². The predicted octanol–water partition coefficient (Wildman–Crippen LogP) is 2.89. The van der Waals surface area contributed by atoms with Gasteiger partial charge in [-0.1, -0.05) is 0 Å². The molecule has 14 heavy (non-hydrogen) atoms. The van der Waals surface area contributed by atoms with Gasteiger partial charge in [0.15, 0.2) is 0 Å². The Hall–Kier alpha value is -1.30. The molecule has 1 rings (SSSR count). The van der Waals surface area contributed by atoms with Crippen LogP contribution < -0.4 is 0 Å². The largest absolute Gasteiger partial charge is 0.368 e. The molecule has 0 unspecified atom stereocenters. The maximum atomic E-state index is 12.3. The second-order valence-corrected chi connectivity index (χ2v) is 2.93. The van der Waals surface area contributed by atoms with Crippen molar-refractivity contribution in [2.45, 2.75) is 13.3 Å². The predicted molar refractivity (Wildman–Crippen MR) is 45.6 cm³/mol. The van der Waals surface area contributed by atoms with E-state index in [2.05, 4.69) is 4.98 Å². The van der Waals surface area contributed by atoms with Gasteiger partial charge in [-0.15, -0.1) is 0 Å². The Kier molecular flexibility index (Phi) is 2.95. The highest BCUT2D eigenvalue weighted by Gasteiger charge is 2.22. The summed E-state index contributed by atoms with van der Waals surface area (Å²) >= 11 is 5.36. The van der Waals surface area contributed by atoms with E-state index in [1.54, 1.807) is 0 Å². The van der Waals surface area contributed by atoms with Crippen LogP contribution in [0.4, 0.5) is 14.6 Å². The van der Waals surface area contributed by atoms with E-state index in [0.29, 0.717) is 0 Å². The lowest BCUT2D eigenvalue weighted by molar-refractivity contribution is -0.390. The van der Waals surface area contributed by atoms with Crippen molar-refractivity contribution in [2.24, 2.45) is 0 Å². The summed E-state index contributed by atoms with van der Waals surface area (Å²) in [5, 5.41) is 10.1. The van der Waals surface area contributed by atoms with E-state index in [0.717, 1.165) is 6.07 Å². The molecular formula is C7H5ClF2N2O2. The van der Waals surface area contributed by atoms with Crippen LogP contribution in [0, 0.1) is 17.0 Å². The molecule has 1 aromatic heterocycles. The van der Waals surface area contributed by atoms with Crippen molar-refractivity contribution in [3.05, 3.63) is 32.5 Å². The van der Waals surface area contributed by atoms with Gasteiger partial charge in [-0.3, -0.25) is 0 Å². The molecule has 0 aliphatic heterocycles. The third-order valence-electron chi connectivity index (χ3n) is 1.66. The number of nitro groups is 1. The Labute approximate surface area is 82.7 Å². The average molecular weight is 223 g/mol. The number of alkyl halides is 2. The van der Waals surface area contributed by atoms with Crippen molar-refractivity contribution in [3.63, 3.8) is 0 Å². The van der Waals surface area contributed by atoms with Gasteiger partial charge in [-0.2, -0.15) is 0 Å². The molecule has 0 N–H and O–H groups in total. The van der Waals surface area contributed by atoms with Gasteiger partial charge >= 0.3 is 5.82 Å². The van der Waals surface area contributed by atoms with Gasteiger partial charge in [0.2, 0.25) is 5.15 Å². The Bertz CT molecular complexity index is 384. The third-order valence-corrected chi connectivity index (χ3v) is 1.86. The molecular weight excluding hydrogens is 218 g/mol. The van der Waals surface area contributed by atoms with E-state index in [4.69, 9.17) is 11.6 Å². The first-order valence-corrected chi connectivity index (χ1v) is 3.91. The van der Waals surface area contributed by atoms with Crippen LogP contribution in [0.3, 0.4) is 0 Å². The minimum atomic E-state index is -2.80. The lowest BCUT2D eigenvalue weighted by atomic mass is 10.1. The Morgan fingerprint density at radius 3 is 2.64 bits per heavy atom. The smallest absolute Gasteiger partial charge is 0.358 e. The lowest BCUT2D eigenvalue weighted by Crippen LogP contribution is -2.00. The summed E-state index contributed by atoms with van der Waals surface area (Å²) in [6.45, 7) is 1.21. The fourth-order valence-corrected chi connectivity index (χ4v) is 1.18. The maximum Gasteiger partial charge on any atom is 0.368 e. The van der Waals surface area contributed by atoms with Crippen molar-refractivity contribution in [1.82, 2.24) is 4.98 Å². The summed E-state index contributed by atoms with van der Waals surface area (Å²) < 4.78 is 24.7. The molecule has 0 saturated heterocycles.